The van der Waals surface area contributed by atoms with Gasteiger partial charge < -0.3 is 5.73 Å². The fourth-order valence-corrected chi connectivity index (χ4v) is 3.00. The molecule has 0 saturated heterocycles. The highest BCUT2D eigenvalue weighted by molar-refractivity contribution is 5.52. The third-order valence-corrected chi connectivity index (χ3v) is 4.02. The summed E-state index contributed by atoms with van der Waals surface area (Å²) in [6.45, 7) is 4.45. The Hall–Kier alpha value is -1.77. The average molecular weight is 255 g/mol. The monoisotopic (exact) mass is 255 g/mol. The molecule has 1 unspecified atom stereocenters. The number of rotatable bonds is 3. The molecule has 0 saturated carbocycles. The van der Waals surface area contributed by atoms with E-state index in [0.29, 0.717) is 11.8 Å². The van der Waals surface area contributed by atoms with Crippen LogP contribution in [0, 0.1) is 5.92 Å². The van der Waals surface area contributed by atoms with Gasteiger partial charge in [0.2, 0.25) is 0 Å². The summed E-state index contributed by atoms with van der Waals surface area (Å²) in [5, 5.41) is 4.68. The van der Waals surface area contributed by atoms with E-state index < -0.39 is 0 Å². The van der Waals surface area contributed by atoms with E-state index in [1.54, 1.807) is 0 Å². The van der Waals surface area contributed by atoms with Crippen molar-refractivity contribution in [3.8, 4) is 0 Å². The molecule has 0 amide bonds. The Kier molecular flexibility index (Phi) is 2.85. The van der Waals surface area contributed by atoms with Gasteiger partial charge in [-0.25, -0.2) is 0 Å². The van der Waals surface area contributed by atoms with Crippen LogP contribution in [0.3, 0.4) is 0 Å². The molecule has 0 spiro atoms. The molecule has 1 aromatic heterocycles. The van der Waals surface area contributed by atoms with Crippen molar-refractivity contribution in [1.29, 1.82) is 0 Å². The lowest BCUT2D eigenvalue weighted by molar-refractivity contribution is 0.620. The van der Waals surface area contributed by atoms with Crippen molar-refractivity contribution in [3.63, 3.8) is 0 Å². The number of nitrogen functional groups attached to an aromatic ring is 1. The summed E-state index contributed by atoms with van der Waals surface area (Å²) in [4.78, 5) is 0. The third-order valence-electron chi connectivity index (χ3n) is 4.02. The van der Waals surface area contributed by atoms with Crippen LogP contribution < -0.4 is 5.73 Å². The first-order chi connectivity index (χ1) is 9.08. The summed E-state index contributed by atoms with van der Waals surface area (Å²) in [5.41, 5.74) is 11.5. The molecule has 2 aromatic rings. The van der Waals surface area contributed by atoms with Crippen LogP contribution in [0.2, 0.25) is 0 Å². The Labute approximate surface area is 114 Å². The molecule has 0 radical (unpaired) electrons. The second-order valence-electron chi connectivity index (χ2n) is 5.93. The molecule has 1 aliphatic carbocycles. The summed E-state index contributed by atoms with van der Waals surface area (Å²) >= 11 is 0. The minimum Gasteiger partial charge on any atom is -0.384 e. The first-order valence-corrected chi connectivity index (χ1v) is 6.97. The number of fused-ring (bicyclic) bond motifs is 1. The Morgan fingerprint density at radius 1 is 1.37 bits per heavy atom. The number of aryl methyl sites for hydroxylation is 1. The van der Waals surface area contributed by atoms with Crippen molar-refractivity contribution in [3.05, 3.63) is 46.6 Å². The minimum atomic E-state index is 0.438. The summed E-state index contributed by atoms with van der Waals surface area (Å²) in [5.74, 6) is 1.86. The van der Waals surface area contributed by atoms with Crippen molar-refractivity contribution >= 4 is 5.82 Å². The van der Waals surface area contributed by atoms with Crippen LogP contribution in [0.15, 0.2) is 24.3 Å². The highest BCUT2D eigenvalue weighted by atomic mass is 15.3. The fourth-order valence-electron chi connectivity index (χ4n) is 3.00. The molecule has 3 rings (SSSR count). The maximum atomic E-state index is 6.19. The lowest BCUT2D eigenvalue weighted by Gasteiger charge is -2.29. The minimum absolute atomic E-state index is 0.438. The standard InChI is InChI=1S/C16H21N3/c1-10(2)8-14-15(18-19(3)16(14)17)13-9-11-6-4-5-7-12(11)13/h4-7,10,13H,8-9,17H2,1-3H3. The van der Waals surface area contributed by atoms with Crippen molar-refractivity contribution in [2.45, 2.75) is 32.6 Å². The number of nitrogens with two attached hydrogens (primary N) is 1. The van der Waals surface area contributed by atoms with Crippen molar-refractivity contribution < 1.29 is 0 Å². The van der Waals surface area contributed by atoms with E-state index in [1.165, 1.54) is 22.4 Å². The Balaban J connectivity index is 2.01. The molecule has 2 N–H and O–H groups in total. The zero-order valence-corrected chi connectivity index (χ0v) is 11.9. The van der Waals surface area contributed by atoms with Crippen LogP contribution in [0.1, 0.15) is 42.1 Å². The molecule has 0 fully saturated rings. The first-order valence-electron chi connectivity index (χ1n) is 6.97. The SMILES string of the molecule is CC(C)Cc1c(C2Cc3ccccc32)nn(C)c1N. The van der Waals surface area contributed by atoms with Crippen molar-refractivity contribution in [2.24, 2.45) is 13.0 Å². The number of hydrogen-bond donors (Lipinski definition) is 1. The van der Waals surface area contributed by atoms with E-state index >= 15 is 0 Å². The van der Waals surface area contributed by atoms with Gasteiger partial charge in [-0.15, -0.1) is 0 Å². The van der Waals surface area contributed by atoms with Gasteiger partial charge in [0.25, 0.3) is 0 Å². The van der Waals surface area contributed by atoms with Crippen LogP contribution in [-0.2, 0) is 19.9 Å². The molecular formula is C16H21N3. The topological polar surface area (TPSA) is 43.8 Å². The zero-order valence-electron chi connectivity index (χ0n) is 11.9. The molecular weight excluding hydrogens is 234 g/mol. The third kappa shape index (κ3) is 1.93. The van der Waals surface area contributed by atoms with E-state index in [9.17, 15) is 0 Å². The van der Waals surface area contributed by atoms with E-state index in [-0.39, 0.29) is 0 Å². The van der Waals surface area contributed by atoms with Crippen LogP contribution in [-0.4, -0.2) is 9.78 Å². The number of aromatic nitrogens is 2. The Bertz CT molecular complexity index is 610. The number of benzene rings is 1. The Morgan fingerprint density at radius 2 is 2.11 bits per heavy atom. The molecule has 1 aliphatic rings. The highest BCUT2D eigenvalue weighted by Gasteiger charge is 2.32. The number of nitrogens with zero attached hydrogens (tertiary/aromatic N) is 2. The first kappa shape index (κ1) is 12.3. The second kappa shape index (κ2) is 4.41. The molecule has 1 atom stereocenters. The molecule has 1 heterocycles. The van der Waals surface area contributed by atoms with Crippen molar-refractivity contribution in [2.75, 3.05) is 5.73 Å². The molecule has 0 bridgehead atoms. The van der Waals surface area contributed by atoms with Crippen LogP contribution in [0.25, 0.3) is 0 Å². The molecule has 19 heavy (non-hydrogen) atoms. The Morgan fingerprint density at radius 3 is 2.79 bits per heavy atom. The molecule has 3 heteroatoms. The maximum absolute atomic E-state index is 6.19. The average Bonchev–Trinajstić information content (AvgIpc) is 2.59. The zero-order chi connectivity index (χ0) is 13.6. The van der Waals surface area contributed by atoms with E-state index in [0.717, 1.165) is 18.7 Å². The largest absolute Gasteiger partial charge is 0.384 e. The van der Waals surface area contributed by atoms with Crippen LogP contribution in [0.5, 0.6) is 0 Å². The predicted octanol–water partition coefficient (Wildman–Crippen LogP) is 2.89. The van der Waals surface area contributed by atoms with Gasteiger partial charge >= 0.3 is 0 Å². The van der Waals surface area contributed by atoms with E-state index in [2.05, 4.69) is 43.2 Å². The van der Waals surface area contributed by atoms with Crippen LogP contribution in [0.4, 0.5) is 5.82 Å². The number of anilines is 1. The maximum Gasteiger partial charge on any atom is 0.124 e. The van der Waals surface area contributed by atoms with Crippen LogP contribution >= 0.6 is 0 Å². The molecule has 100 valence electrons. The fraction of sp³-hybridized carbons (Fsp3) is 0.438. The molecule has 3 nitrogen and oxygen atoms in total. The predicted molar refractivity (Wildman–Crippen MR) is 78.2 cm³/mol. The van der Waals surface area contributed by atoms with Crippen molar-refractivity contribution in [1.82, 2.24) is 9.78 Å². The van der Waals surface area contributed by atoms with Gasteiger partial charge in [-0.05, 0) is 29.9 Å². The lowest BCUT2D eigenvalue weighted by atomic mass is 9.74. The summed E-state index contributed by atoms with van der Waals surface area (Å²) in [6, 6.07) is 8.64. The summed E-state index contributed by atoms with van der Waals surface area (Å²) < 4.78 is 1.83. The summed E-state index contributed by atoms with van der Waals surface area (Å²) in [6.07, 6.45) is 2.10. The molecule has 0 aliphatic heterocycles. The van der Waals surface area contributed by atoms with Gasteiger partial charge in [-0.3, -0.25) is 4.68 Å². The van der Waals surface area contributed by atoms with Gasteiger partial charge in [-0.2, -0.15) is 5.10 Å². The lowest BCUT2D eigenvalue weighted by Crippen LogP contribution is -2.20. The van der Waals surface area contributed by atoms with Gasteiger partial charge in [0.05, 0.1) is 5.69 Å². The van der Waals surface area contributed by atoms with Gasteiger partial charge in [0.15, 0.2) is 0 Å². The quantitative estimate of drug-likeness (QED) is 0.916. The normalized spacial score (nSPS) is 17.4. The smallest absolute Gasteiger partial charge is 0.124 e. The van der Waals surface area contributed by atoms with Gasteiger partial charge in [0, 0.05) is 18.5 Å². The second-order valence-corrected chi connectivity index (χ2v) is 5.93. The van der Waals surface area contributed by atoms with E-state index in [1.807, 2.05) is 11.7 Å². The van der Waals surface area contributed by atoms with Gasteiger partial charge in [0.1, 0.15) is 5.82 Å². The highest BCUT2D eigenvalue weighted by Crippen LogP contribution is 2.42. The molecule has 1 aromatic carbocycles. The van der Waals surface area contributed by atoms with E-state index in [4.69, 9.17) is 5.73 Å². The summed E-state index contributed by atoms with van der Waals surface area (Å²) in [7, 11) is 1.94. The number of hydrogen-bond acceptors (Lipinski definition) is 2. The van der Waals surface area contributed by atoms with Gasteiger partial charge in [-0.1, -0.05) is 38.1 Å².